The summed E-state index contributed by atoms with van der Waals surface area (Å²) in [6.45, 7) is 4.29. The molecule has 3 heteroatoms. The molecule has 0 heterocycles. The summed E-state index contributed by atoms with van der Waals surface area (Å²) in [5, 5.41) is 3.15. The average molecular weight is 309 g/mol. The minimum absolute atomic E-state index is 0.0495. The number of hydrogen-bond donors (Lipinski definition) is 1. The molecule has 23 heavy (non-hydrogen) atoms. The Labute approximate surface area is 137 Å². The van der Waals surface area contributed by atoms with Gasteiger partial charge in [-0.1, -0.05) is 49.4 Å². The van der Waals surface area contributed by atoms with Crippen molar-refractivity contribution in [3.8, 4) is 5.75 Å². The first-order valence-electron chi connectivity index (χ1n) is 8.17. The molecule has 3 rings (SSSR count). The third-order valence-electron chi connectivity index (χ3n) is 4.43. The molecule has 3 nitrogen and oxygen atoms in total. The Morgan fingerprint density at radius 3 is 2.61 bits per heavy atom. The van der Waals surface area contributed by atoms with Gasteiger partial charge in [-0.15, -0.1) is 0 Å². The number of hydrogen-bond acceptors (Lipinski definition) is 2. The molecule has 0 aromatic heterocycles. The van der Waals surface area contributed by atoms with Crippen molar-refractivity contribution >= 4 is 5.91 Å². The van der Waals surface area contributed by atoms with Crippen molar-refractivity contribution in [3.05, 3.63) is 65.7 Å². The van der Waals surface area contributed by atoms with E-state index in [1.807, 2.05) is 49.4 Å². The molecule has 3 atom stereocenters. The molecular weight excluding hydrogens is 286 g/mol. The van der Waals surface area contributed by atoms with Crippen molar-refractivity contribution in [1.82, 2.24) is 5.32 Å². The zero-order chi connectivity index (χ0) is 16.2. The lowest BCUT2D eigenvalue weighted by molar-refractivity contribution is -0.124. The maximum atomic E-state index is 12.3. The van der Waals surface area contributed by atoms with E-state index >= 15 is 0 Å². The van der Waals surface area contributed by atoms with E-state index in [1.54, 1.807) is 0 Å². The van der Waals surface area contributed by atoms with E-state index in [2.05, 4.69) is 24.4 Å². The molecular formula is C20H23NO2. The SMILES string of the molecule is Cc1cccc(OCC(=O)NC(c2ccccc2)C2CC2C)c1. The first-order chi connectivity index (χ1) is 11.1. The molecule has 3 unspecified atom stereocenters. The van der Waals surface area contributed by atoms with Crippen LogP contribution < -0.4 is 10.1 Å². The Balaban J connectivity index is 1.60. The van der Waals surface area contributed by atoms with Gasteiger partial charge in [0.15, 0.2) is 6.61 Å². The second-order valence-corrected chi connectivity index (χ2v) is 6.44. The van der Waals surface area contributed by atoms with Gasteiger partial charge >= 0.3 is 0 Å². The highest BCUT2D eigenvalue weighted by Crippen LogP contribution is 2.46. The third-order valence-corrected chi connectivity index (χ3v) is 4.43. The van der Waals surface area contributed by atoms with E-state index in [1.165, 1.54) is 12.0 Å². The van der Waals surface area contributed by atoms with Gasteiger partial charge in [-0.25, -0.2) is 0 Å². The molecule has 1 N–H and O–H groups in total. The molecule has 0 bridgehead atoms. The van der Waals surface area contributed by atoms with Crippen LogP contribution in [0.3, 0.4) is 0 Å². The van der Waals surface area contributed by atoms with Gasteiger partial charge in [-0.3, -0.25) is 4.79 Å². The first kappa shape index (κ1) is 15.6. The van der Waals surface area contributed by atoms with E-state index in [0.29, 0.717) is 11.8 Å². The predicted octanol–water partition coefficient (Wildman–Crippen LogP) is 3.89. The van der Waals surface area contributed by atoms with Crippen molar-refractivity contribution < 1.29 is 9.53 Å². The van der Waals surface area contributed by atoms with Gasteiger partial charge < -0.3 is 10.1 Å². The Morgan fingerprint density at radius 2 is 1.96 bits per heavy atom. The molecule has 1 amide bonds. The molecule has 1 fully saturated rings. The van der Waals surface area contributed by atoms with Crippen LogP contribution >= 0.6 is 0 Å². The zero-order valence-corrected chi connectivity index (χ0v) is 13.7. The average Bonchev–Trinajstić information content (AvgIpc) is 3.28. The van der Waals surface area contributed by atoms with Crippen molar-refractivity contribution in [2.24, 2.45) is 11.8 Å². The van der Waals surface area contributed by atoms with Gasteiger partial charge in [-0.2, -0.15) is 0 Å². The van der Waals surface area contributed by atoms with Crippen LogP contribution in [-0.2, 0) is 4.79 Å². The second kappa shape index (κ2) is 6.86. The van der Waals surface area contributed by atoms with Gasteiger partial charge in [0, 0.05) is 0 Å². The number of benzene rings is 2. The Kier molecular flexibility index (Phi) is 4.65. The molecule has 0 aliphatic heterocycles. The normalized spacial score (nSPS) is 20.6. The number of ether oxygens (including phenoxy) is 1. The number of carbonyl (C=O) groups is 1. The number of amides is 1. The fraction of sp³-hybridized carbons (Fsp3) is 0.350. The minimum atomic E-state index is -0.0699. The number of nitrogens with one attached hydrogen (secondary N) is 1. The highest BCUT2D eigenvalue weighted by Gasteiger charge is 2.40. The molecule has 0 radical (unpaired) electrons. The third kappa shape index (κ3) is 4.13. The van der Waals surface area contributed by atoms with Crippen molar-refractivity contribution in [2.45, 2.75) is 26.3 Å². The topological polar surface area (TPSA) is 38.3 Å². The molecule has 0 spiro atoms. The first-order valence-corrected chi connectivity index (χ1v) is 8.17. The lowest BCUT2D eigenvalue weighted by Gasteiger charge is -2.19. The fourth-order valence-electron chi connectivity index (χ4n) is 2.98. The molecule has 1 aliphatic rings. The van der Waals surface area contributed by atoms with E-state index in [9.17, 15) is 4.79 Å². The summed E-state index contributed by atoms with van der Waals surface area (Å²) in [6, 6.07) is 18.0. The molecule has 2 aromatic carbocycles. The molecule has 0 saturated heterocycles. The number of carbonyl (C=O) groups excluding carboxylic acids is 1. The van der Waals surface area contributed by atoms with Gasteiger partial charge in [0.1, 0.15) is 5.75 Å². The van der Waals surface area contributed by atoms with Crippen LogP contribution in [-0.4, -0.2) is 12.5 Å². The lowest BCUT2D eigenvalue weighted by Crippen LogP contribution is -2.34. The lowest BCUT2D eigenvalue weighted by atomic mass is 10.0. The molecule has 1 aliphatic carbocycles. The molecule has 120 valence electrons. The zero-order valence-electron chi connectivity index (χ0n) is 13.7. The van der Waals surface area contributed by atoms with Crippen molar-refractivity contribution in [1.29, 1.82) is 0 Å². The number of rotatable bonds is 6. The van der Waals surface area contributed by atoms with Crippen LogP contribution in [0.15, 0.2) is 54.6 Å². The van der Waals surface area contributed by atoms with Crippen LogP contribution in [0.5, 0.6) is 5.75 Å². The highest BCUT2D eigenvalue weighted by atomic mass is 16.5. The summed E-state index contributed by atoms with van der Waals surface area (Å²) in [5.41, 5.74) is 2.29. The van der Waals surface area contributed by atoms with Crippen LogP contribution in [0, 0.1) is 18.8 Å². The molecule has 2 aromatic rings. The van der Waals surface area contributed by atoms with Gasteiger partial charge in [0.25, 0.3) is 5.91 Å². The summed E-state index contributed by atoms with van der Waals surface area (Å²) >= 11 is 0. The summed E-state index contributed by atoms with van der Waals surface area (Å²) < 4.78 is 5.60. The second-order valence-electron chi connectivity index (χ2n) is 6.44. The Morgan fingerprint density at radius 1 is 1.22 bits per heavy atom. The van der Waals surface area contributed by atoms with E-state index < -0.39 is 0 Å². The maximum Gasteiger partial charge on any atom is 0.258 e. The summed E-state index contributed by atoms with van der Waals surface area (Å²) in [5.74, 6) is 1.86. The summed E-state index contributed by atoms with van der Waals surface area (Å²) in [6.07, 6.45) is 1.17. The number of aryl methyl sites for hydroxylation is 1. The quantitative estimate of drug-likeness (QED) is 0.879. The van der Waals surface area contributed by atoms with Crippen LogP contribution in [0.4, 0.5) is 0 Å². The largest absolute Gasteiger partial charge is 0.484 e. The van der Waals surface area contributed by atoms with Gasteiger partial charge in [-0.05, 0) is 48.4 Å². The fourth-order valence-corrected chi connectivity index (χ4v) is 2.98. The standard InChI is InChI=1S/C20H23NO2/c1-14-7-6-10-17(11-14)23-13-19(22)21-20(18-12-15(18)2)16-8-4-3-5-9-16/h3-11,15,18,20H,12-13H2,1-2H3,(H,21,22). The van der Waals surface area contributed by atoms with E-state index in [-0.39, 0.29) is 18.6 Å². The van der Waals surface area contributed by atoms with Crippen molar-refractivity contribution in [3.63, 3.8) is 0 Å². The van der Waals surface area contributed by atoms with Crippen LogP contribution in [0.25, 0.3) is 0 Å². The van der Waals surface area contributed by atoms with Gasteiger partial charge in [0.2, 0.25) is 0 Å². The minimum Gasteiger partial charge on any atom is -0.484 e. The van der Waals surface area contributed by atoms with Gasteiger partial charge in [0.05, 0.1) is 6.04 Å². The van der Waals surface area contributed by atoms with Crippen molar-refractivity contribution in [2.75, 3.05) is 6.61 Å². The molecule has 1 saturated carbocycles. The predicted molar refractivity (Wildman–Crippen MR) is 91.3 cm³/mol. The Hall–Kier alpha value is -2.29. The van der Waals surface area contributed by atoms with Crippen LogP contribution in [0.1, 0.15) is 30.5 Å². The highest BCUT2D eigenvalue weighted by molar-refractivity contribution is 5.78. The monoisotopic (exact) mass is 309 g/mol. The van der Waals surface area contributed by atoms with Crippen LogP contribution in [0.2, 0.25) is 0 Å². The summed E-state index contributed by atoms with van der Waals surface area (Å²) in [4.78, 5) is 12.3. The summed E-state index contributed by atoms with van der Waals surface area (Å²) in [7, 11) is 0. The smallest absolute Gasteiger partial charge is 0.258 e. The van der Waals surface area contributed by atoms with E-state index in [0.717, 1.165) is 11.3 Å². The van der Waals surface area contributed by atoms with E-state index in [4.69, 9.17) is 4.74 Å². The Bertz CT molecular complexity index is 668. The maximum absolute atomic E-state index is 12.3.